The van der Waals surface area contributed by atoms with E-state index in [9.17, 15) is 13.6 Å². The number of rotatable bonds is 4. The van der Waals surface area contributed by atoms with Crippen LogP contribution in [0, 0.1) is 11.6 Å². The molecule has 0 unspecified atom stereocenters. The molecule has 32 heavy (non-hydrogen) atoms. The van der Waals surface area contributed by atoms with Crippen LogP contribution in [0.3, 0.4) is 0 Å². The standard InChI is InChI=1S/C25H20F2N2O3/c1-31-18-5-2-4-17(12-18)25(30)29-11-3-6-22(29)24-28-21-14-16(8-10-23(21)32-24)15-7-9-19(26)20(27)13-15/h2,4-5,7-10,12-14,22H,3,6,11H2,1H3/t22-/m0/s1. The van der Waals surface area contributed by atoms with E-state index in [1.807, 2.05) is 0 Å². The van der Waals surface area contributed by atoms with Crippen molar-refractivity contribution in [3.63, 3.8) is 0 Å². The number of oxazole rings is 1. The minimum atomic E-state index is -0.902. The quantitative estimate of drug-likeness (QED) is 0.410. The van der Waals surface area contributed by atoms with Crippen LogP contribution in [0.1, 0.15) is 35.1 Å². The molecule has 0 aliphatic carbocycles. The molecule has 1 saturated heterocycles. The van der Waals surface area contributed by atoms with Gasteiger partial charge in [0.05, 0.1) is 7.11 Å². The van der Waals surface area contributed by atoms with Gasteiger partial charge in [0, 0.05) is 12.1 Å². The van der Waals surface area contributed by atoms with Crippen molar-refractivity contribution in [1.82, 2.24) is 9.88 Å². The fraction of sp³-hybridized carbons (Fsp3) is 0.200. The highest BCUT2D eigenvalue weighted by atomic mass is 19.2. The Bertz CT molecular complexity index is 1320. The van der Waals surface area contributed by atoms with Crippen molar-refractivity contribution in [2.24, 2.45) is 0 Å². The topological polar surface area (TPSA) is 55.6 Å². The van der Waals surface area contributed by atoms with Gasteiger partial charge in [-0.1, -0.05) is 18.2 Å². The summed E-state index contributed by atoms with van der Waals surface area (Å²) in [5.41, 5.74) is 2.97. The zero-order valence-electron chi connectivity index (χ0n) is 17.3. The highest BCUT2D eigenvalue weighted by molar-refractivity contribution is 5.95. The van der Waals surface area contributed by atoms with E-state index in [-0.39, 0.29) is 11.9 Å². The van der Waals surface area contributed by atoms with Crippen LogP contribution >= 0.6 is 0 Å². The number of amides is 1. The van der Waals surface area contributed by atoms with Gasteiger partial charge in [0.2, 0.25) is 5.89 Å². The molecule has 4 aromatic rings. The first-order chi connectivity index (χ1) is 15.5. The third-order valence-electron chi connectivity index (χ3n) is 5.77. The van der Waals surface area contributed by atoms with E-state index >= 15 is 0 Å². The van der Waals surface area contributed by atoms with Crippen LogP contribution in [0.25, 0.3) is 22.2 Å². The molecule has 5 rings (SSSR count). The second kappa shape index (κ2) is 8.07. The van der Waals surface area contributed by atoms with E-state index in [1.165, 1.54) is 6.07 Å². The predicted octanol–water partition coefficient (Wildman–Crippen LogP) is 5.76. The summed E-state index contributed by atoms with van der Waals surface area (Å²) in [7, 11) is 1.56. The summed E-state index contributed by atoms with van der Waals surface area (Å²) in [6.07, 6.45) is 1.60. The van der Waals surface area contributed by atoms with Gasteiger partial charge in [-0.25, -0.2) is 13.8 Å². The molecule has 0 radical (unpaired) electrons. The van der Waals surface area contributed by atoms with Crippen molar-refractivity contribution in [2.45, 2.75) is 18.9 Å². The Morgan fingerprint density at radius 3 is 2.69 bits per heavy atom. The van der Waals surface area contributed by atoms with Gasteiger partial charge in [0.15, 0.2) is 17.2 Å². The normalized spacial score (nSPS) is 16.0. The molecule has 1 aromatic heterocycles. The molecule has 5 nitrogen and oxygen atoms in total. The van der Waals surface area contributed by atoms with E-state index < -0.39 is 11.6 Å². The lowest BCUT2D eigenvalue weighted by Gasteiger charge is -2.22. The summed E-state index contributed by atoms with van der Waals surface area (Å²) in [5, 5.41) is 0. The Morgan fingerprint density at radius 2 is 1.88 bits per heavy atom. The van der Waals surface area contributed by atoms with Crippen LogP contribution in [0.15, 0.2) is 65.1 Å². The molecular formula is C25H20F2N2O3. The summed E-state index contributed by atoms with van der Waals surface area (Å²) in [4.78, 5) is 19.5. The first-order valence-electron chi connectivity index (χ1n) is 10.3. The summed E-state index contributed by atoms with van der Waals surface area (Å²) in [5.74, 6) is -0.799. The van der Waals surface area contributed by atoms with Crippen LogP contribution in [0.4, 0.5) is 8.78 Å². The zero-order valence-corrected chi connectivity index (χ0v) is 17.3. The van der Waals surface area contributed by atoms with E-state index in [4.69, 9.17) is 9.15 Å². The van der Waals surface area contributed by atoms with Crippen LogP contribution in [-0.4, -0.2) is 29.4 Å². The van der Waals surface area contributed by atoms with Crippen molar-refractivity contribution in [1.29, 1.82) is 0 Å². The van der Waals surface area contributed by atoms with E-state index in [0.29, 0.717) is 46.0 Å². The maximum Gasteiger partial charge on any atom is 0.254 e. The van der Waals surface area contributed by atoms with Crippen LogP contribution in [0.2, 0.25) is 0 Å². The number of halogens is 2. The first-order valence-corrected chi connectivity index (χ1v) is 10.3. The van der Waals surface area contributed by atoms with Gasteiger partial charge in [-0.15, -0.1) is 0 Å². The molecule has 2 heterocycles. The first kappa shape index (κ1) is 20.2. The number of hydrogen-bond acceptors (Lipinski definition) is 4. The average molecular weight is 434 g/mol. The molecule has 1 fully saturated rings. The Kier molecular flexibility index (Phi) is 5.09. The predicted molar refractivity (Wildman–Crippen MR) is 115 cm³/mol. The van der Waals surface area contributed by atoms with E-state index in [1.54, 1.807) is 54.5 Å². The molecule has 0 N–H and O–H groups in total. The van der Waals surface area contributed by atoms with Gasteiger partial charge in [-0.3, -0.25) is 4.79 Å². The maximum absolute atomic E-state index is 13.6. The van der Waals surface area contributed by atoms with E-state index in [0.717, 1.165) is 25.0 Å². The summed E-state index contributed by atoms with van der Waals surface area (Å²) in [6.45, 7) is 0.611. The molecule has 0 spiro atoms. The van der Waals surface area contributed by atoms with Gasteiger partial charge in [0.1, 0.15) is 17.3 Å². The summed E-state index contributed by atoms with van der Waals surface area (Å²) >= 11 is 0. The van der Waals surface area contributed by atoms with Gasteiger partial charge in [-0.2, -0.15) is 0 Å². The van der Waals surface area contributed by atoms with Gasteiger partial charge < -0.3 is 14.1 Å². The Labute approximate surface area is 183 Å². The largest absolute Gasteiger partial charge is 0.497 e. The molecule has 0 saturated carbocycles. The SMILES string of the molecule is COc1cccc(C(=O)N2CCC[C@H]2c2nc3cc(-c4ccc(F)c(F)c4)ccc3o2)c1. The second-order valence-electron chi connectivity index (χ2n) is 7.75. The number of carbonyl (C=O) groups excluding carboxylic acids is 1. The second-order valence-corrected chi connectivity index (χ2v) is 7.75. The van der Waals surface area contributed by atoms with Crippen molar-refractivity contribution in [2.75, 3.05) is 13.7 Å². The van der Waals surface area contributed by atoms with Crippen molar-refractivity contribution >= 4 is 17.0 Å². The van der Waals surface area contributed by atoms with Crippen molar-refractivity contribution < 1.29 is 22.7 Å². The summed E-state index contributed by atoms with van der Waals surface area (Å²) in [6, 6.07) is 15.9. The molecule has 0 bridgehead atoms. The van der Waals surface area contributed by atoms with Gasteiger partial charge in [0.25, 0.3) is 5.91 Å². The number of fused-ring (bicyclic) bond motifs is 1. The number of carbonyl (C=O) groups is 1. The van der Waals surface area contributed by atoms with Crippen molar-refractivity contribution in [3.8, 4) is 16.9 Å². The highest BCUT2D eigenvalue weighted by Crippen LogP contribution is 2.35. The number of aromatic nitrogens is 1. The average Bonchev–Trinajstić information content (AvgIpc) is 3.46. The van der Waals surface area contributed by atoms with Crippen LogP contribution in [0.5, 0.6) is 5.75 Å². The third-order valence-corrected chi connectivity index (χ3v) is 5.77. The highest BCUT2D eigenvalue weighted by Gasteiger charge is 2.34. The number of likely N-dealkylation sites (tertiary alicyclic amines) is 1. The fourth-order valence-corrected chi connectivity index (χ4v) is 4.13. The van der Waals surface area contributed by atoms with Gasteiger partial charge >= 0.3 is 0 Å². The third kappa shape index (κ3) is 3.60. The number of nitrogens with zero attached hydrogens (tertiary/aromatic N) is 2. The molecular weight excluding hydrogens is 414 g/mol. The minimum Gasteiger partial charge on any atom is -0.497 e. The Morgan fingerprint density at radius 1 is 1.06 bits per heavy atom. The fourth-order valence-electron chi connectivity index (χ4n) is 4.13. The number of ether oxygens (including phenoxy) is 1. The maximum atomic E-state index is 13.6. The van der Waals surface area contributed by atoms with Crippen LogP contribution in [-0.2, 0) is 0 Å². The van der Waals surface area contributed by atoms with Crippen molar-refractivity contribution in [3.05, 3.63) is 83.8 Å². The number of benzene rings is 3. The molecule has 1 aliphatic heterocycles. The smallest absolute Gasteiger partial charge is 0.254 e. The molecule has 1 atom stereocenters. The Balaban J connectivity index is 1.45. The molecule has 1 amide bonds. The lowest BCUT2D eigenvalue weighted by molar-refractivity contribution is 0.0716. The lowest BCUT2D eigenvalue weighted by atomic mass is 10.1. The Hall–Kier alpha value is -3.74. The number of methoxy groups -OCH3 is 1. The molecule has 162 valence electrons. The van der Waals surface area contributed by atoms with E-state index in [2.05, 4.69) is 4.98 Å². The van der Waals surface area contributed by atoms with Gasteiger partial charge in [-0.05, 0) is 66.4 Å². The van der Waals surface area contributed by atoms with Crippen LogP contribution < -0.4 is 4.74 Å². The lowest BCUT2D eigenvalue weighted by Crippen LogP contribution is -2.30. The molecule has 7 heteroatoms. The molecule has 1 aliphatic rings. The number of hydrogen-bond donors (Lipinski definition) is 0. The summed E-state index contributed by atoms with van der Waals surface area (Å²) < 4.78 is 38.1. The minimum absolute atomic E-state index is 0.101. The monoisotopic (exact) mass is 434 g/mol. The molecule has 3 aromatic carbocycles. The zero-order chi connectivity index (χ0) is 22.2.